The normalized spacial score (nSPS) is 12.4. The number of fused-ring (bicyclic) bond motifs is 1. The van der Waals surface area contributed by atoms with Crippen LogP contribution in [0.25, 0.3) is 0 Å². The molecule has 2 aromatic rings. The maximum Gasteiger partial charge on any atom is 0.335 e. The van der Waals surface area contributed by atoms with Crippen molar-refractivity contribution in [3.05, 3.63) is 62.6 Å². The van der Waals surface area contributed by atoms with Crippen molar-refractivity contribution in [3.63, 3.8) is 0 Å². The second-order valence-electron chi connectivity index (χ2n) is 6.11. The Bertz CT molecular complexity index is 1020. The first-order chi connectivity index (χ1) is 13.3. The van der Waals surface area contributed by atoms with Gasteiger partial charge < -0.3 is 29.9 Å². The van der Waals surface area contributed by atoms with Crippen molar-refractivity contribution in [2.24, 2.45) is 0 Å². The van der Waals surface area contributed by atoms with Gasteiger partial charge in [-0.2, -0.15) is 0 Å². The Labute approximate surface area is 157 Å². The molecule has 0 saturated carbocycles. The minimum atomic E-state index is -1.30. The number of aromatic nitrogens is 1. The number of carbonyl (C=O) groups excluding carboxylic acids is 1. The van der Waals surface area contributed by atoms with E-state index in [0.29, 0.717) is 11.3 Å². The molecule has 1 aliphatic heterocycles. The van der Waals surface area contributed by atoms with Crippen LogP contribution in [0.2, 0.25) is 0 Å². The van der Waals surface area contributed by atoms with E-state index in [2.05, 4.69) is 5.32 Å². The summed E-state index contributed by atoms with van der Waals surface area (Å²) in [5.74, 6) is -3.91. The van der Waals surface area contributed by atoms with Crippen LogP contribution in [-0.2, 0) is 29.3 Å². The highest BCUT2D eigenvalue weighted by molar-refractivity contribution is 5.98. The summed E-state index contributed by atoms with van der Waals surface area (Å²) < 4.78 is 6.55. The van der Waals surface area contributed by atoms with Crippen LogP contribution in [0.3, 0.4) is 0 Å². The summed E-state index contributed by atoms with van der Waals surface area (Å²) in [6, 6.07) is 5.85. The Hall–Kier alpha value is -3.66. The van der Waals surface area contributed by atoms with Crippen molar-refractivity contribution >= 4 is 17.8 Å². The van der Waals surface area contributed by atoms with Crippen LogP contribution in [-0.4, -0.2) is 44.3 Å². The molecule has 0 aliphatic carbocycles. The fourth-order valence-corrected chi connectivity index (χ4v) is 2.93. The Balaban J connectivity index is 2.03. The molecule has 2 heterocycles. The topological polar surface area (TPSA) is 155 Å². The summed E-state index contributed by atoms with van der Waals surface area (Å²) in [6.07, 6.45) is 0. The Kier molecular flexibility index (Phi) is 5.14. The molecule has 3 rings (SSSR count). The lowest BCUT2D eigenvalue weighted by atomic mass is 10.1. The lowest BCUT2D eigenvalue weighted by molar-refractivity contribution is -0.135. The van der Waals surface area contributed by atoms with Gasteiger partial charge in [-0.25, -0.2) is 4.79 Å². The number of aliphatic carboxylic acids is 1. The second-order valence-corrected chi connectivity index (χ2v) is 6.11. The number of hydrogen-bond donors (Lipinski definition) is 4. The van der Waals surface area contributed by atoms with E-state index >= 15 is 0 Å². The van der Waals surface area contributed by atoms with Gasteiger partial charge in [-0.1, -0.05) is 12.1 Å². The average Bonchev–Trinajstić information content (AvgIpc) is 3.14. The number of ether oxygens (including phenoxy) is 1. The maximum atomic E-state index is 12.9. The molecule has 146 valence electrons. The van der Waals surface area contributed by atoms with Crippen molar-refractivity contribution in [2.75, 3.05) is 6.54 Å². The van der Waals surface area contributed by atoms with Gasteiger partial charge in [0.25, 0.3) is 11.5 Å². The third-order valence-corrected chi connectivity index (χ3v) is 4.31. The molecular weight excluding hydrogens is 372 g/mol. The quantitative estimate of drug-likeness (QED) is 0.545. The largest absolute Gasteiger partial charge is 0.506 e. The Morgan fingerprint density at radius 2 is 1.79 bits per heavy atom. The number of aromatic hydroxyl groups is 1. The number of rotatable bonds is 6. The molecular formula is C18H16N2O8. The zero-order valence-corrected chi connectivity index (χ0v) is 14.5. The molecule has 0 spiro atoms. The smallest absolute Gasteiger partial charge is 0.335 e. The molecule has 1 amide bonds. The van der Waals surface area contributed by atoms with Crippen LogP contribution in [0.1, 0.15) is 37.5 Å². The van der Waals surface area contributed by atoms with E-state index in [4.69, 9.17) is 14.9 Å². The van der Waals surface area contributed by atoms with E-state index in [0.717, 1.165) is 0 Å². The van der Waals surface area contributed by atoms with Crippen molar-refractivity contribution in [1.82, 2.24) is 9.88 Å². The standard InChI is InChI=1S/C18H16N2O8/c21-13(22)5-19-16(24)14-15(23)11-7-28-8-12(11)20(17(14)25)6-9-1-3-10(4-2-9)18(26)27/h1-4,23H,5-8H2,(H,19,24)(H,21,22)(H,26,27). The number of carboxylic acid groups (broad SMARTS) is 2. The maximum absolute atomic E-state index is 12.9. The van der Waals surface area contributed by atoms with E-state index in [9.17, 15) is 24.3 Å². The minimum absolute atomic E-state index is 0.00138. The first kappa shape index (κ1) is 19.1. The summed E-state index contributed by atoms with van der Waals surface area (Å²) in [6.45, 7) is -0.632. The van der Waals surface area contributed by atoms with Gasteiger partial charge in [-0.05, 0) is 17.7 Å². The van der Waals surface area contributed by atoms with Gasteiger partial charge in [0.2, 0.25) is 0 Å². The number of pyridine rings is 1. The van der Waals surface area contributed by atoms with E-state index in [1.54, 1.807) is 0 Å². The number of amides is 1. The van der Waals surface area contributed by atoms with Gasteiger partial charge in [0.05, 0.1) is 31.0 Å². The second kappa shape index (κ2) is 7.53. The SMILES string of the molecule is O=C(O)CNC(=O)c1c(O)c2c(n(Cc3ccc(C(=O)O)cc3)c1=O)COC2. The van der Waals surface area contributed by atoms with Crippen molar-refractivity contribution < 1.29 is 34.4 Å². The van der Waals surface area contributed by atoms with Crippen LogP contribution < -0.4 is 10.9 Å². The number of carboxylic acids is 2. The fraction of sp³-hybridized carbons (Fsp3) is 0.222. The van der Waals surface area contributed by atoms with Gasteiger partial charge in [0.15, 0.2) is 0 Å². The average molecular weight is 388 g/mol. The van der Waals surface area contributed by atoms with E-state index in [-0.39, 0.29) is 30.9 Å². The molecule has 0 radical (unpaired) electrons. The van der Waals surface area contributed by atoms with Crippen molar-refractivity contribution in [1.29, 1.82) is 0 Å². The number of nitrogens with zero attached hydrogens (tertiary/aromatic N) is 1. The summed E-state index contributed by atoms with van der Waals surface area (Å²) in [4.78, 5) is 46.7. The van der Waals surface area contributed by atoms with Crippen LogP contribution in [0.15, 0.2) is 29.1 Å². The lowest BCUT2D eigenvalue weighted by Gasteiger charge is -2.15. The molecule has 1 aromatic carbocycles. The van der Waals surface area contributed by atoms with Crippen LogP contribution in [0.4, 0.5) is 0 Å². The number of nitrogens with one attached hydrogen (secondary N) is 1. The van der Waals surface area contributed by atoms with Gasteiger partial charge in [0, 0.05) is 5.56 Å². The minimum Gasteiger partial charge on any atom is -0.506 e. The van der Waals surface area contributed by atoms with Crippen molar-refractivity contribution in [3.8, 4) is 5.75 Å². The summed E-state index contributed by atoms with van der Waals surface area (Å²) in [5.41, 5.74) is 0.00863. The van der Waals surface area contributed by atoms with Gasteiger partial charge in [0.1, 0.15) is 17.9 Å². The molecule has 1 aromatic heterocycles. The summed E-state index contributed by atoms with van der Waals surface area (Å²) in [7, 11) is 0. The predicted molar refractivity (Wildman–Crippen MR) is 93.3 cm³/mol. The van der Waals surface area contributed by atoms with E-state index < -0.39 is 41.3 Å². The van der Waals surface area contributed by atoms with E-state index in [1.807, 2.05) is 0 Å². The van der Waals surface area contributed by atoms with Crippen LogP contribution >= 0.6 is 0 Å². The molecule has 28 heavy (non-hydrogen) atoms. The Morgan fingerprint density at radius 3 is 2.39 bits per heavy atom. The third-order valence-electron chi connectivity index (χ3n) is 4.31. The predicted octanol–water partition coefficient (Wildman–Crippen LogP) is 0.145. The molecule has 0 bridgehead atoms. The van der Waals surface area contributed by atoms with Gasteiger partial charge in [-0.15, -0.1) is 0 Å². The zero-order chi connectivity index (χ0) is 20.4. The first-order valence-corrected chi connectivity index (χ1v) is 8.17. The molecule has 10 nitrogen and oxygen atoms in total. The highest BCUT2D eigenvalue weighted by Crippen LogP contribution is 2.30. The highest BCUT2D eigenvalue weighted by Gasteiger charge is 2.29. The van der Waals surface area contributed by atoms with Crippen LogP contribution in [0, 0.1) is 0 Å². The number of hydrogen-bond acceptors (Lipinski definition) is 6. The molecule has 0 atom stereocenters. The lowest BCUT2D eigenvalue weighted by Crippen LogP contribution is -2.37. The summed E-state index contributed by atoms with van der Waals surface area (Å²) >= 11 is 0. The van der Waals surface area contributed by atoms with Gasteiger partial charge >= 0.3 is 11.9 Å². The van der Waals surface area contributed by atoms with Gasteiger partial charge in [-0.3, -0.25) is 14.4 Å². The first-order valence-electron chi connectivity index (χ1n) is 8.17. The number of aromatic carboxylic acids is 1. The van der Waals surface area contributed by atoms with E-state index in [1.165, 1.54) is 28.8 Å². The molecule has 0 saturated heterocycles. The third kappa shape index (κ3) is 3.58. The molecule has 0 unspecified atom stereocenters. The molecule has 0 fully saturated rings. The summed E-state index contributed by atoms with van der Waals surface area (Å²) in [5, 5.41) is 30.1. The fourth-order valence-electron chi connectivity index (χ4n) is 2.93. The number of benzene rings is 1. The monoisotopic (exact) mass is 388 g/mol. The highest BCUT2D eigenvalue weighted by atomic mass is 16.5. The molecule has 1 aliphatic rings. The number of carbonyl (C=O) groups is 3. The zero-order valence-electron chi connectivity index (χ0n) is 14.5. The molecule has 10 heteroatoms. The van der Waals surface area contributed by atoms with Crippen molar-refractivity contribution in [2.45, 2.75) is 19.8 Å². The Morgan fingerprint density at radius 1 is 1.11 bits per heavy atom. The van der Waals surface area contributed by atoms with Crippen LogP contribution in [0.5, 0.6) is 5.75 Å². The molecule has 4 N–H and O–H groups in total.